The van der Waals surface area contributed by atoms with Gasteiger partial charge in [-0.3, -0.25) is 9.69 Å². The lowest BCUT2D eigenvalue weighted by molar-refractivity contribution is -0.122. The summed E-state index contributed by atoms with van der Waals surface area (Å²) in [6, 6.07) is -0.441. The van der Waals surface area contributed by atoms with E-state index in [1.54, 1.807) is 0 Å². The molecule has 5 nitrogen and oxygen atoms in total. The van der Waals surface area contributed by atoms with E-state index in [9.17, 15) is 13.2 Å². The number of hydrogen-bond acceptors (Lipinski definition) is 4. The number of amides is 1. The summed E-state index contributed by atoms with van der Waals surface area (Å²) in [6.07, 6.45) is 5.99. The van der Waals surface area contributed by atoms with Crippen molar-refractivity contribution in [3.63, 3.8) is 0 Å². The number of nitrogens with one attached hydrogen (secondary N) is 1. The minimum atomic E-state index is -3.09. The molecule has 0 unspecified atom stereocenters. The van der Waals surface area contributed by atoms with E-state index >= 15 is 0 Å². The molecule has 20 heavy (non-hydrogen) atoms. The summed E-state index contributed by atoms with van der Waals surface area (Å²) < 4.78 is 22.9. The molecule has 2 atom stereocenters. The first-order valence-electron chi connectivity index (χ1n) is 7.32. The van der Waals surface area contributed by atoms with Crippen LogP contribution >= 0.6 is 11.6 Å². The van der Waals surface area contributed by atoms with Crippen LogP contribution < -0.4 is 5.32 Å². The van der Waals surface area contributed by atoms with Crippen LogP contribution in [0.2, 0.25) is 0 Å². The molecular weight excluding hydrogens is 300 g/mol. The Morgan fingerprint density at radius 3 is 2.25 bits per heavy atom. The Morgan fingerprint density at radius 2 is 1.70 bits per heavy atom. The molecule has 0 aromatic heterocycles. The molecular formula is C13H23ClN2O3S. The van der Waals surface area contributed by atoms with Crippen LogP contribution in [0.15, 0.2) is 0 Å². The van der Waals surface area contributed by atoms with Gasteiger partial charge in [-0.05, 0) is 25.9 Å². The van der Waals surface area contributed by atoms with Gasteiger partial charge in [0.15, 0.2) is 9.84 Å². The van der Waals surface area contributed by atoms with Crippen LogP contribution in [0.4, 0.5) is 0 Å². The van der Waals surface area contributed by atoms with Crippen molar-refractivity contribution in [2.45, 2.75) is 43.5 Å². The lowest BCUT2D eigenvalue weighted by atomic mass is 10.1. The van der Waals surface area contributed by atoms with Crippen molar-refractivity contribution in [2.75, 3.05) is 31.1 Å². The first-order chi connectivity index (χ1) is 9.46. The molecule has 2 fully saturated rings. The SMILES string of the molecule is O=C(CN1CCCCCCC1)N[C@H]1CS(=O)(=O)C[C@@H]1Cl. The van der Waals surface area contributed by atoms with E-state index < -0.39 is 21.3 Å². The van der Waals surface area contributed by atoms with Crippen molar-refractivity contribution in [1.29, 1.82) is 0 Å². The fraction of sp³-hybridized carbons (Fsp3) is 0.923. The molecule has 0 radical (unpaired) electrons. The highest BCUT2D eigenvalue weighted by atomic mass is 35.5. The number of carbonyl (C=O) groups is 1. The minimum Gasteiger partial charge on any atom is -0.350 e. The van der Waals surface area contributed by atoms with Gasteiger partial charge < -0.3 is 5.32 Å². The molecule has 2 saturated heterocycles. The second-order valence-electron chi connectivity index (χ2n) is 5.81. The van der Waals surface area contributed by atoms with Crippen LogP contribution in [0.1, 0.15) is 32.1 Å². The van der Waals surface area contributed by atoms with Gasteiger partial charge in [0.2, 0.25) is 5.91 Å². The number of carbonyl (C=O) groups excluding carboxylic acids is 1. The number of likely N-dealkylation sites (tertiary alicyclic amines) is 1. The molecule has 0 aliphatic carbocycles. The molecule has 0 aromatic rings. The zero-order valence-corrected chi connectivity index (χ0v) is 13.3. The number of alkyl halides is 1. The summed E-state index contributed by atoms with van der Waals surface area (Å²) in [5, 5.41) is 2.27. The monoisotopic (exact) mass is 322 g/mol. The van der Waals surface area contributed by atoms with Crippen LogP contribution in [-0.2, 0) is 14.6 Å². The third-order valence-corrected chi connectivity index (χ3v) is 6.32. The van der Waals surface area contributed by atoms with Crippen molar-refractivity contribution in [3.8, 4) is 0 Å². The van der Waals surface area contributed by atoms with Crippen LogP contribution in [0.3, 0.4) is 0 Å². The highest BCUT2D eigenvalue weighted by Gasteiger charge is 2.37. The summed E-state index contributed by atoms with van der Waals surface area (Å²) in [5.41, 5.74) is 0. The van der Waals surface area contributed by atoms with Gasteiger partial charge in [0, 0.05) is 0 Å². The zero-order valence-electron chi connectivity index (χ0n) is 11.7. The van der Waals surface area contributed by atoms with E-state index in [-0.39, 0.29) is 17.4 Å². The van der Waals surface area contributed by atoms with Gasteiger partial charge in [-0.1, -0.05) is 19.3 Å². The summed E-state index contributed by atoms with van der Waals surface area (Å²) in [6.45, 7) is 2.24. The van der Waals surface area contributed by atoms with E-state index in [0.29, 0.717) is 6.54 Å². The van der Waals surface area contributed by atoms with Gasteiger partial charge in [0.05, 0.1) is 29.5 Å². The third-order valence-electron chi connectivity index (χ3n) is 3.95. The predicted octanol–water partition coefficient (Wildman–Crippen LogP) is 0.773. The second kappa shape index (κ2) is 7.09. The molecule has 0 saturated carbocycles. The predicted molar refractivity (Wildman–Crippen MR) is 79.8 cm³/mol. The van der Waals surface area contributed by atoms with Crippen LogP contribution in [0, 0.1) is 0 Å². The molecule has 0 aromatic carbocycles. The molecule has 1 N–H and O–H groups in total. The quantitative estimate of drug-likeness (QED) is 0.780. The van der Waals surface area contributed by atoms with E-state index in [4.69, 9.17) is 11.6 Å². The standard InChI is InChI=1S/C13H23ClN2O3S/c14-11-9-20(18,19)10-12(11)15-13(17)8-16-6-4-2-1-3-5-7-16/h11-12H,1-10H2,(H,15,17)/t11-,12-/m0/s1. The zero-order chi connectivity index (χ0) is 14.6. The molecule has 0 bridgehead atoms. The minimum absolute atomic E-state index is 0.0348. The fourth-order valence-electron chi connectivity index (χ4n) is 2.86. The molecule has 0 spiro atoms. The van der Waals surface area contributed by atoms with Gasteiger partial charge in [-0.15, -0.1) is 11.6 Å². The van der Waals surface area contributed by atoms with Crippen molar-refractivity contribution >= 4 is 27.3 Å². The topological polar surface area (TPSA) is 66.5 Å². The van der Waals surface area contributed by atoms with Gasteiger partial charge >= 0.3 is 0 Å². The molecule has 2 aliphatic rings. The second-order valence-corrected chi connectivity index (χ2v) is 8.53. The normalized spacial score (nSPS) is 31.4. The van der Waals surface area contributed by atoms with Crippen LogP contribution in [0.25, 0.3) is 0 Å². The molecule has 2 heterocycles. The van der Waals surface area contributed by atoms with E-state index in [1.165, 1.54) is 19.3 Å². The molecule has 2 rings (SSSR count). The van der Waals surface area contributed by atoms with E-state index in [2.05, 4.69) is 10.2 Å². The van der Waals surface area contributed by atoms with Crippen molar-refractivity contribution in [3.05, 3.63) is 0 Å². The van der Waals surface area contributed by atoms with E-state index in [0.717, 1.165) is 25.9 Å². The molecule has 116 valence electrons. The van der Waals surface area contributed by atoms with Crippen molar-refractivity contribution in [2.24, 2.45) is 0 Å². The average molecular weight is 323 g/mol. The first-order valence-corrected chi connectivity index (χ1v) is 9.58. The van der Waals surface area contributed by atoms with Gasteiger partial charge in [0.25, 0.3) is 0 Å². The highest BCUT2D eigenvalue weighted by molar-refractivity contribution is 7.91. The Labute approximate surface area is 126 Å². The third kappa shape index (κ3) is 4.90. The van der Waals surface area contributed by atoms with Crippen molar-refractivity contribution < 1.29 is 13.2 Å². The highest BCUT2D eigenvalue weighted by Crippen LogP contribution is 2.18. The maximum absolute atomic E-state index is 12.0. The first kappa shape index (κ1) is 16.0. The Morgan fingerprint density at radius 1 is 1.10 bits per heavy atom. The lowest BCUT2D eigenvalue weighted by Crippen LogP contribution is -2.46. The fourth-order valence-corrected chi connectivity index (χ4v) is 5.41. The summed E-state index contributed by atoms with van der Waals surface area (Å²) in [5.74, 6) is -0.186. The average Bonchev–Trinajstić information content (AvgIpc) is 2.55. The maximum atomic E-state index is 12.0. The van der Waals surface area contributed by atoms with Gasteiger partial charge in [0.1, 0.15) is 0 Å². The Hall–Kier alpha value is -0.330. The number of nitrogens with zero attached hydrogens (tertiary/aromatic N) is 1. The van der Waals surface area contributed by atoms with Crippen molar-refractivity contribution in [1.82, 2.24) is 10.2 Å². The summed E-state index contributed by atoms with van der Waals surface area (Å²) in [7, 11) is -3.09. The number of rotatable bonds is 3. The van der Waals surface area contributed by atoms with Crippen LogP contribution in [-0.4, -0.2) is 61.8 Å². The Balaban J connectivity index is 1.79. The summed E-state index contributed by atoms with van der Waals surface area (Å²) >= 11 is 5.99. The van der Waals surface area contributed by atoms with Gasteiger partial charge in [-0.25, -0.2) is 8.42 Å². The molecule has 1 amide bonds. The number of hydrogen-bond donors (Lipinski definition) is 1. The Bertz CT molecular complexity index is 433. The van der Waals surface area contributed by atoms with Crippen LogP contribution in [0.5, 0.6) is 0 Å². The summed E-state index contributed by atoms with van der Waals surface area (Å²) in [4.78, 5) is 14.2. The molecule has 2 aliphatic heterocycles. The Kier molecular flexibility index (Phi) is 5.69. The number of sulfone groups is 1. The molecule has 7 heteroatoms. The largest absolute Gasteiger partial charge is 0.350 e. The van der Waals surface area contributed by atoms with E-state index in [1.807, 2.05) is 0 Å². The maximum Gasteiger partial charge on any atom is 0.234 e. The van der Waals surface area contributed by atoms with Gasteiger partial charge in [-0.2, -0.15) is 0 Å². The number of halogens is 1. The lowest BCUT2D eigenvalue weighted by Gasteiger charge is -2.24. The smallest absolute Gasteiger partial charge is 0.234 e.